The molecule has 0 unspecified atom stereocenters. The highest BCUT2D eigenvalue weighted by Crippen LogP contribution is 2.10. The summed E-state index contributed by atoms with van der Waals surface area (Å²) in [6.07, 6.45) is 5.44. The van der Waals surface area contributed by atoms with Crippen molar-refractivity contribution in [2.24, 2.45) is 0 Å². The summed E-state index contributed by atoms with van der Waals surface area (Å²) in [5, 5.41) is 0. The minimum Gasteiger partial charge on any atom is -0.320 e. The number of halogens is 2. The molecule has 0 fully saturated rings. The molecule has 0 aliphatic carbocycles. The molecule has 0 radical (unpaired) electrons. The first-order valence-corrected chi connectivity index (χ1v) is 8.33. The fraction of sp³-hybridized carbons (Fsp3) is 1.00. The zero-order valence-electron chi connectivity index (χ0n) is 11.3. The normalized spacial score (nSPS) is 13.1. The van der Waals surface area contributed by atoms with Crippen molar-refractivity contribution >= 4 is 31.9 Å². The van der Waals surface area contributed by atoms with Crippen molar-refractivity contribution in [2.75, 3.05) is 52.2 Å². The predicted molar refractivity (Wildman–Crippen MR) is 80.0 cm³/mol. The molecule has 0 atom stereocenters. The van der Waals surface area contributed by atoms with E-state index in [4.69, 9.17) is 0 Å². The van der Waals surface area contributed by atoms with Crippen molar-refractivity contribution < 1.29 is 8.97 Å². The number of quaternary nitrogens is 2. The van der Waals surface area contributed by atoms with Gasteiger partial charge in [-0.05, 0) is 57.5 Å². The van der Waals surface area contributed by atoms with E-state index in [9.17, 15) is 0 Å². The Bertz CT molecular complexity index is 162. The Morgan fingerprint density at radius 1 is 0.625 bits per heavy atom. The number of alkyl halides is 2. The maximum absolute atomic E-state index is 3.55. The van der Waals surface area contributed by atoms with Gasteiger partial charge in [-0.25, -0.2) is 0 Å². The summed E-state index contributed by atoms with van der Waals surface area (Å²) in [6, 6.07) is 0. The average molecular weight is 360 g/mol. The predicted octanol–water partition coefficient (Wildman–Crippen LogP) is 3.40. The fourth-order valence-electron chi connectivity index (χ4n) is 1.55. The second kappa shape index (κ2) is 8.06. The topological polar surface area (TPSA) is 0 Å². The smallest absolute Gasteiger partial charge is 0.133 e. The standard InChI is InChI=1S/C12H28Br2N2/c1-15(2,11-13)9-7-5-6-8-10-16(3,4)12-14/h5-12H2,1-4H3/q+2. The molecule has 0 rings (SSSR count). The van der Waals surface area contributed by atoms with Crippen molar-refractivity contribution in [3.63, 3.8) is 0 Å². The van der Waals surface area contributed by atoms with E-state index in [1.165, 1.54) is 38.8 Å². The lowest BCUT2D eigenvalue weighted by molar-refractivity contribution is -0.877. The molecule has 0 aromatic carbocycles. The first-order valence-electron chi connectivity index (χ1n) is 6.09. The molecule has 0 spiro atoms. The summed E-state index contributed by atoms with van der Waals surface area (Å²) in [5.41, 5.74) is 2.11. The van der Waals surface area contributed by atoms with Crippen LogP contribution in [0.15, 0.2) is 0 Å². The average Bonchev–Trinajstić information content (AvgIpc) is 2.23. The SMILES string of the molecule is C[N+](C)(CBr)CCCCCC[N+](C)(C)CBr. The summed E-state index contributed by atoms with van der Waals surface area (Å²) < 4.78 is 2.17. The third-order valence-electron chi connectivity index (χ3n) is 2.92. The van der Waals surface area contributed by atoms with Crippen LogP contribution in [0.1, 0.15) is 25.7 Å². The van der Waals surface area contributed by atoms with E-state index >= 15 is 0 Å². The molecule has 0 N–H and O–H groups in total. The van der Waals surface area contributed by atoms with E-state index in [2.05, 4.69) is 60.1 Å². The van der Waals surface area contributed by atoms with Crippen LogP contribution in [0, 0.1) is 0 Å². The largest absolute Gasteiger partial charge is 0.320 e. The van der Waals surface area contributed by atoms with Gasteiger partial charge < -0.3 is 8.97 Å². The lowest BCUT2D eigenvalue weighted by Crippen LogP contribution is -2.39. The zero-order chi connectivity index (χ0) is 12.7. The van der Waals surface area contributed by atoms with Crippen LogP contribution in [0.25, 0.3) is 0 Å². The second-order valence-electron chi connectivity index (χ2n) is 5.97. The van der Waals surface area contributed by atoms with Crippen LogP contribution in [0.5, 0.6) is 0 Å². The zero-order valence-corrected chi connectivity index (χ0v) is 14.5. The second-order valence-corrected chi connectivity index (χ2v) is 6.98. The maximum atomic E-state index is 3.55. The molecular formula is C12H28Br2N2+2. The number of nitrogens with zero attached hydrogens (tertiary/aromatic N) is 2. The minimum atomic E-state index is 1.06. The van der Waals surface area contributed by atoms with Gasteiger partial charge in [0.15, 0.2) is 0 Å². The Hall–Kier alpha value is 0.880. The van der Waals surface area contributed by atoms with Gasteiger partial charge in [-0.2, -0.15) is 0 Å². The number of rotatable bonds is 9. The molecule has 0 aromatic rings. The molecule has 16 heavy (non-hydrogen) atoms. The van der Waals surface area contributed by atoms with Gasteiger partial charge in [-0.15, -0.1) is 0 Å². The lowest BCUT2D eigenvalue weighted by atomic mass is 10.1. The molecule has 4 heteroatoms. The third kappa shape index (κ3) is 8.97. The molecule has 0 saturated carbocycles. The van der Waals surface area contributed by atoms with E-state index in [0.717, 1.165) is 19.9 Å². The molecule has 0 aliphatic heterocycles. The van der Waals surface area contributed by atoms with Crippen LogP contribution < -0.4 is 0 Å². The van der Waals surface area contributed by atoms with E-state index in [1.807, 2.05) is 0 Å². The molecule has 0 bridgehead atoms. The number of hydrogen-bond acceptors (Lipinski definition) is 0. The lowest BCUT2D eigenvalue weighted by Gasteiger charge is -2.28. The molecule has 0 heterocycles. The highest BCUT2D eigenvalue weighted by atomic mass is 79.9. The van der Waals surface area contributed by atoms with Gasteiger partial charge in [0.2, 0.25) is 0 Å². The molecule has 2 nitrogen and oxygen atoms in total. The van der Waals surface area contributed by atoms with Gasteiger partial charge in [-0.3, -0.25) is 0 Å². The van der Waals surface area contributed by atoms with Crippen LogP contribution in [0.4, 0.5) is 0 Å². The van der Waals surface area contributed by atoms with Gasteiger partial charge in [0.1, 0.15) is 10.9 Å². The highest BCUT2D eigenvalue weighted by molar-refractivity contribution is 9.09. The highest BCUT2D eigenvalue weighted by Gasteiger charge is 2.13. The Labute approximate surface area is 118 Å². The van der Waals surface area contributed by atoms with Crippen molar-refractivity contribution in [2.45, 2.75) is 25.7 Å². The van der Waals surface area contributed by atoms with Crippen LogP contribution in [-0.4, -0.2) is 61.2 Å². The number of unbranched alkanes of at least 4 members (excludes halogenated alkanes) is 3. The molecule has 0 amide bonds. The van der Waals surface area contributed by atoms with Crippen molar-refractivity contribution in [3.05, 3.63) is 0 Å². The van der Waals surface area contributed by atoms with E-state index < -0.39 is 0 Å². The summed E-state index contributed by atoms with van der Waals surface area (Å²) in [4.78, 5) is 0. The Morgan fingerprint density at radius 2 is 0.938 bits per heavy atom. The third-order valence-corrected chi connectivity index (χ3v) is 5.64. The summed E-state index contributed by atoms with van der Waals surface area (Å²) in [6.45, 7) is 2.56. The van der Waals surface area contributed by atoms with Gasteiger partial charge in [0, 0.05) is 0 Å². The van der Waals surface area contributed by atoms with E-state index in [1.54, 1.807) is 0 Å². The van der Waals surface area contributed by atoms with Crippen LogP contribution >= 0.6 is 31.9 Å². The van der Waals surface area contributed by atoms with Crippen molar-refractivity contribution in [3.8, 4) is 0 Å². The summed E-state index contributed by atoms with van der Waals surface area (Å²) in [5.74, 6) is 0. The van der Waals surface area contributed by atoms with Crippen molar-refractivity contribution in [1.82, 2.24) is 0 Å². The van der Waals surface area contributed by atoms with Crippen LogP contribution in [0.2, 0.25) is 0 Å². The van der Waals surface area contributed by atoms with Crippen molar-refractivity contribution in [1.29, 1.82) is 0 Å². The molecule has 0 saturated heterocycles. The summed E-state index contributed by atoms with van der Waals surface area (Å²) >= 11 is 7.11. The van der Waals surface area contributed by atoms with Gasteiger partial charge in [0.25, 0.3) is 0 Å². The molecule has 0 aromatic heterocycles. The fourth-order valence-corrected chi connectivity index (χ4v) is 2.05. The van der Waals surface area contributed by atoms with Gasteiger partial charge >= 0.3 is 0 Å². The Balaban J connectivity index is 3.42. The van der Waals surface area contributed by atoms with Gasteiger partial charge in [-0.1, -0.05) is 0 Å². The van der Waals surface area contributed by atoms with Crippen LogP contribution in [-0.2, 0) is 0 Å². The maximum Gasteiger partial charge on any atom is 0.133 e. The Kier molecular flexibility index (Phi) is 8.51. The minimum absolute atomic E-state index is 1.06. The first-order chi connectivity index (χ1) is 7.33. The molecule has 0 aliphatic rings. The molecule has 98 valence electrons. The Morgan fingerprint density at radius 3 is 1.19 bits per heavy atom. The van der Waals surface area contributed by atoms with Gasteiger partial charge in [0.05, 0.1) is 41.3 Å². The van der Waals surface area contributed by atoms with E-state index in [0.29, 0.717) is 0 Å². The van der Waals surface area contributed by atoms with Crippen LogP contribution in [0.3, 0.4) is 0 Å². The quantitative estimate of drug-likeness (QED) is 0.256. The number of hydrogen-bond donors (Lipinski definition) is 0. The molecular weight excluding hydrogens is 332 g/mol. The summed E-state index contributed by atoms with van der Waals surface area (Å²) in [7, 11) is 9.11. The monoisotopic (exact) mass is 358 g/mol. The first kappa shape index (κ1) is 16.9. The van der Waals surface area contributed by atoms with E-state index in [-0.39, 0.29) is 0 Å².